The van der Waals surface area contributed by atoms with Crippen molar-refractivity contribution in [3.63, 3.8) is 0 Å². The molecule has 0 aliphatic heterocycles. The first-order valence-corrected chi connectivity index (χ1v) is 7.43. The molecule has 0 aliphatic rings. The third kappa shape index (κ3) is 17.5. The van der Waals surface area contributed by atoms with E-state index in [2.05, 4.69) is 31.1 Å². The molecule has 1 aromatic rings. The molecule has 0 fully saturated rings. The standard InChI is InChI=1S/C11H15N2O3.C4H9.C2H6.U/c1-11(2,3)16-10(15)13-6-9-8(7-14)4-5-12-9;1-4(2)3;1-2;/h4-5,12H,6H2,1-3H3,(H,13,15);1-3H3;1-2H3;/q2*-1;;+2. The maximum Gasteiger partial charge on any atom is 2.00 e. The Labute approximate surface area is 164 Å². The number of aromatic nitrogens is 1. The molecule has 2 N–H and O–H groups in total. The second-order valence-corrected chi connectivity index (χ2v) is 5.83. The Morgan fingerprint density at radius 3 is 2.17 bits per heavy atom. The van der Waals surface area contributed by atoms with E-state index < -0.39 is 11.7 Å². The van der Waals surface area contributed by atoms with Gasteiger partial charge in [-0.3, -0.25) is 0 Å². The van der Waals surface area contributed by atoms with Crippen LogP contribution in [0.15, 0.2) is 12.3 Å². The molecule has 0 radical (unpaired) electrons. The van der Waals surface area contributed by atoms with Crippen LogP contribution in [0.25, 0.3) is 0 Å². The summed E-state index contributed by atoms with van der Waals surface area (Å²) in [6.45, 7) is 15.8. The van der Waals surface area contributed by atoms with E-state index in [9.17, 15) is 9.59 Å². The van der Waals surface area contributed by atoms with Gasteiger partial charge in [-0.2, -0.15) is 20.8 Å². The van der Waals surface area contributed by atoms with Crippen molar-refractivity contribution in [1.82, 2.24) is 10.3 Å². The van der Waals surface area contributed by atoms with Gasteiger partial charge >= 0.3 is 37.2 Å². The zero-order valence-corrected chi connectivity index (χ0v) is 19.8. The van der Waals surface area contributed by atoms with Gasteiger partial charge in [0.05, 0.1) is 6.29 Å². The largest absolute Gasteiger partial charge is 2.00 e. The van der Waals surface area contributed by atoms with Crippen LogP contribution in [0.5, 0.6) is 0 Å². The number of hydrogen-bond acceptors (Lipinski definition) is 3. The second kappa shape index (κ2) is 14.8. The summed E-state index contributed by atoms with van der Waals surface area (Å²) >= 11 is 0. The van der Waals surface area contributed by atoms with Crippen LogP contribution in [0.1, 0.15) is 66.6 Å². The SMILES string of the molecule is CC.CC(C)(C)OC(=O)NCc1[nH]ccc1[C-]=O.C[C-](C)C.[U+2]. The molecule has 5 nitrogen and oxygen atoms in total. The van der Waals surface area contributed by atoms with E-state index >= 15 is 0 Å². The first kappa shape index (κ1) is 27.1. The fraction of sp³-hybridized carbons (Fsp3) is 0.588. The summed E-state index contributed by atoms with van der Waals surface area (Å²) in [5.74, 6) is 1.42. The Bertz CT molecular complexity index is 421. The van der Waals surface area contributed by atoms with Gasteiger partial charge in [0.2, 0.25) is 0 Å². The van der Waals surface area contributed by atoms with Gasteiger partial charge in [0.25, 0.3) is 0 Å². The molecule has 1 rings (SSSR count). The predicted octanol–water partition coefficient (Wildman–Crippen LogP) is 4.14. The minimum Gasteiger partial charge on any atom is -0.444 e. The predicted molar refractivity (Wildman–Crippen MR) is 90.3 cm³/mol. The average molecular weight is 548 g/mol. The van der Waals surface area contributed by atoms with Crippen molar-refractivity contribution in [1.29, 1.82) is 0 Å². The topological polar surface area (TPSA) is 71.2 Å². The van der Waals surface area contributed by atoms with E-state index in [0.717, 1.165) is 0 Å². The van der Waals surface area contributed by atoms with E-state index in [1.807, 2.05) is 13.8 Å². The van der Waals surface area contributed by atoms with Crippen LogP contribution >= 0.6 is 0 Å². The Hall–Kier alpha value is -0.728. The zero-order valence-electron chi connectivity index (χ0n) is 15.6. The van der Waals surface area contributed by atoms with Crippen LogP contribution in [-0.2, 0) is 16.1 Å². The van der Waals surface area contributed by atoms with Gasteiger partial charge in [0, 0.05) is 6.54 Å². The van der Waals surface area contributed by atoms with Gasteiger partial charge in [-0.1, -0.05) is 25.7 Å². The van der Waals surface area contributed by atoms with Gasteiger partial charge in [-0.15, -0.1) is 11.6 Å². The minimum absolute atomic E-state index is 0. The maximum atomic E-state index is 11.3. The third-order valence-electron chi connectivity index (χ3n) is 1.75. The summed E-state index contributed by atoms with van der Waals surface area (Å²) in [6, 6.07) is 1.60. The average Bonchev–Trinajstić information content (AvgIpc) is 2.83. The van der Waals surface area contributed by atoms with Gasteiger partial charge in [0.1, 0.15) is 5.60 Å². The van der Waals surface area contributed by atoms with Crippen molar-refractivity contribution < 1.29 is 45.4 Å². The van der Waals surface area contributed by atoms with Crippen molar-refractivity contribution in [3.8, 4) is 0 Å². The maximum absolute atomic E-state index is 11.3. The van der Waals surface area contributed by atoms with Crippen LogP contribution in [0.3, 0.4) is 0 Å². The molecule has 130 valence electrons. The van der Waals surface area contributed by atoms with Gasteiger partial charge in [0.15, 0.2) is 0 Å². The summed E-state index contributed by atoms with van der Waals surface area (Å²) in [6.07, 6.45) is 2.88. The van der Waals surface area contributed by atoms with E-state index in [4.69, 9.17) is 4.74 Å². The first-order chi connectivity index (χ1) is 10.2. The fourth-order valence-corrected chi connectivity index (χ4v) is 1.12. The molecule has 1 aromatic heterocycles. The number of carbonyl (C=O) groups is 1. The molecule has 23 heavy (non-hydrogen) atoms. The molecule has 0 aromatic carbocycles. The summed E-state index contributed by atoms with van der Waals surface area (Å²) in [5.41, 5.74) is 0.497. The molecular weight excluding hydrogens is 518 g/mol. The van der Waals surface area contributed by atoms with Crippen LogP contribution in [0.2, 0.25) is 0 Å². The minimum atomic E-state index is -0.528. The molecule has 0 spiro atoms. The van der Waals surface area contributed by atoms with Gasteiger partial charge < -0.3 is 25.8 Å². The van der Waals surface area contributed by atoms with Crippen molar-refractivity contribution in [2.75, 3.05) is 0 Å². The molecule has 6 heteroatoms. The molecule has 0 atom stereocenters. The van der Waals surface area contributed by atoms with Crippen molar-refractivity contribution in [2.24, 2.45) is 0 Å². The molecule has 0 saturated heterocycles. The molecule has 1 heterocycles. The number of amides is 1. The van der Waals surface area contributed by atoms with E-state index in [1.54, 1.807) is 39.3 Å². The van der Waals surface area contributed by atoms with Crippen LogP contribution in [-0.4, -0.2) is 23.0 Å². The van der Waals surface area contributed by atoms with Crippen LogP contribution in [0, 0.1) is 37.0 Å². The Balaban J connectivity index is -0.000000498. The molecule has 0 aliphatic carbocycles. The zero-order chi connectivity index (χ0) is 17.8. The summed E-state index contributed by atoms with van der Waals surface area (Å²) in [5, 5.41) is 2.55. The number of carbonyl (C=O) groups excluding carboxylic acids is 2. The number of nitrogens with one attached hydrogen (secondary N) is 2. The number of aromatic amines is 1. The number of H-pyrrole nitrogens is 1. The van der Waals surface area contributed by atoms with Crippen molar-refractivity contribution >= 4 is 12.4 Å². The quantitative estimate of drug-likeness (QED) is 0.558. The smallest absolute Gasteiger partial charge is 0.444 e. The summed E-state index contributed by atoms with van der Waals surface area (Å²) in [4.78, 5) is 24.6. The summed E-state index contributed by atoms with van der Waals surface area (Å²) in [7, 11) is 0. The number of ether oxygens (including phenoxy) is 1. The molecular formula is C17H30N2O3U. The Morgan fingerprint density at radius 2 is 1.78 bits per heavy atom. The fourth-order valence-electron chi connectivity index (χ4n) is 1.12. The van der Waals surface area contributed by atoms with Gasteiger partial charge in [-0.05, 0) is 20.8 Å². The number of hydrogen-bond donors (Lipinski definition) is 2. The Morgan fingerprint density at radius 1 is 1.30 bits per heavy atom. The Kier molecular flexibility index (Phi) is 17.5. The van der Waals surface area contributed by atoms with Crippen LogP contribution < -0.4 is 5.32 Å². The molecule has 0 saturated carbocycles. The molecule has 1 amide bonds. The van der Waals surface area contributed by atoms with Gasteiger partial charge in [-0.25, -0.2) is 4.79 Å². The summed E-state index contributed by atoms with van der Waals surface area (Å²) < 4.78 is 5.05. The number of rotatable bonds is 3. The number of alkyl carbamates (subject to hydrolysis) is 1. The molecule has 0 bridgehead atoms. The van der Waals surface area contributed by atoms with E-state index in [0.29, 0.717) is 11.3 Å². The van der Waals surface area contributed by atoms with Crippen LogP contribution in [0.4, 0.5) is 4.79 Å². The third-order valence-corrected chi connectivity index (χ3v) is 1.75. The first-order valence-electron chi connectivity index (χ1n) is 7.43. The monoisotopic (exact) mass is 548 g/mol. The second-order valence-electron chi connectivity index (χ2n) is 5.83. The molecule has 0 unspecified atom stereocenters. The van der Waals surface area contributed by atoms with E-state index in [1.165, 1.54) is 5.92 Å². The van der Waals surface area contributed by atoms with Crippen molar-refractivity contribution in [2.45, 2.75) is 67.5 Å². The van der Waals surface area contributed by atoms with Crippen molar-refractivity contribution in [3.05, 3.63) is 29.4 Å². The van der Waals surface area contributed by atoms with E-state index in [-0.39, 0.29) is 37.7 Å². The normalized spacial score (nSPS) is 9.43.